The zero-order valence-corrected chi connectivity index (χ0v) is 18.7. The average Bonchev–Trinajstić information content (AvgIpc) is 2.76. The summed E-state index contributed by atoms with van der Waals surface area (Å²) in [6.07, 6.45) is 5.31. The number of guanidine groups is 1. The Balaban J connectivity index is 1.83. The van der Waals surface area contributed by atoms with Crippen molar-refractivity contribution in [3.63, 3.8) is 0 Å². The number of hydrogen-bond donors (Lipinski definition) is 1. The van der Waals surface area contributed by atoms with Gasteiger partial charge in [-0.2, -0.15) is 0 Å². The molecule has 2 rings (SSSR count). The fourth-order valence-corrected chi connectivity index (χ4v) is 3.11. The third kappa shape index (κ3) is 8.97. The minimum Gasteiger partial charge on any atom is -0.382 e. The van der Waals surface area contributed by atoms with Crippen molar-refractivity contribution in [2.24, 2.45) is 4.99 Å². The number of nitrogens with one attached hydrogen (secondary N) is 1. The summed E-state index contributed by atoms with van der Waals surface area (Å²) in [5, 5.41) is 3.41. The molecule has 166 valence electrons. The molecule has 0 unspecified atom stereocenters. The van der Waals surface area contributed by atoms with E-state index in [2.05, 4.69) is 56.5 Å². The first-order chi connectivity index (χ1) is 14.6. The quantitative estimate of drug-likeness (QED) is 0.359. The van der Waals surface area contributed by atoms with E-state index in [1.807, 2.05) is 13.0 Å². The van der Waals surface area contributed by atoms with E-state index in [9.17, 15) is 4.79 Å². The predicted octanol–water partition coefficient (Wildman–Crippen LogP) is 1.78. The van der Waals surface area contributed by atoms with E-state index in [4.69, 9.17) is 4.74 Å². The van der Waals surface area contributed by atoms with Gasteiger partial charge in [-0.15, -0.1) is 0 Å². The number of ether oxygens (including phenoxy) is 1. The van der Waals surface area contributed by atoms with E-state index in [0.717, 1.165) is 64.9 Å². The van der Waals surface area contributed by atoms with Crippen molar-refractivity contribution in [1.29, 1.82) is 0 Å². The van der Waals surface area contributed by atoms with Gasteiger partial charge in [-0.3, -0.25) is 9.69 Å². The van der Waals surface area contributed by atoms with Gasteiger partial charge in [-0.05, 0) is 18.9 Å². The Morgan fingerprint density at radius 2 is 1.93 bits per heavy atom. The highest BCUT2D eigenvalue weighted by atomic mass is 16.5. The average molecular weight is 416 g/mol. The maximum absolute atomic E-state index is 12.0. The zero-order valence-electron chi connectivity index (χ0n) is 18.7. The lowest BCUT2D eigenvalue weighted by Crippen LogP contribution is -2.52. The van der Waals surface area contributed by atoms with Crippen LogP contribution in [-0.4, -0.2) is 99.7 Å². The van der Waals surface area contributed by atoms with Crippen molar-refractivity contribution < 1.29 is 9.53 Å². The number of aliphatic imine (C=N–C) groups is 1. The second-order valence-corrected chi connectivity index (χ2v) is 7.51. The van der Waals surface area contributed by atoms with E-state index < -0.39 is 0 Å². The fourth-order valence-electron chi connectivity index (χ4n) is 3.11. The molecule has 1 amide bonds. The highest BCUT2D eigenvalue weighted by molar-refractivity contribution is 5.84. The van der Waals surface area contributed by atoms with Crippen LogP contribution in [0.1, 0.15) is 18.9 Å². The minimum absolute atomic E-state index is 0.00769. The lowest BCUT2D eigenvalue weighted by Gasteiger charge is -2.36. The van der Waals surface area contributed by atoms with Crippen LogP contribution < -0.4 is 5.32 Å². The molecule has 1 aliphatic rings. The summed E-state index contributed by atoms with van der Waals surface area (Å²) in [4.78, 5) is 22.8. The van der Waals surface area contributed by atoms with Crippen LogP contribution >= 0.6 is 0 Å². The maximum Gasteiger partial charge on any atom is 0.243 e. The van der Waals surface area contributed by atoms with Crippen LogP contribution in [-0.2, 0) is 9.53 Å². The summed E-state index contributed by atoms with van der Waals surface area (Å²) in [5.41, 5.74) is 1.23. The first-order valence-corrected chi connectivity index (χ1v) is 10.8. The summed E-state index contributed by atoms with van der Waals surface area (Å²) in [5.74, 6) is 0.828. The molecule has 1 heterocycles. The van der Waals surface area contributed by atoms with Crippen LogP contribution in [0.15, 0.2) is 41.4 Å². The smallest absolute Gasteiger partial charge is 0.243 e. The monoisotopic (exact) mass is 415 g/mol. The summed E-state index contributed by atoms with van der Waals surface area (Å²) < 4.78 is 5.41. The van der Waals surface area contributed by atoms with Crippen molar-refractivity contribution in [2.75, 3.05) is 73.1 Å². The predicted molar refractivity (Wildman–Crippen MR) is 124 cm³/mol. The van der Waals surface area contributed by atoms with Gasteiger partial charge in [0.2, 0.25) is 5.91 Å². The van der Waals surface area contributed by atoms with E-state index in [1.54, 1.807) is 19.0 Å². The van der Waals surface area contributed by atoms with Crippen LogP contribution in [0.25, 0.3) is 6.08 Å². The SMILES string of the molecule is CCOCCCNC(=NCC(=O)N(C)C)N1CCN(C/C=C/c2ccccc2)CC1. The molecule has 7 heteroatoms. The number of likely N-dealkylation sites (N-methyl/N-ethyl adjacent to an activating group) is 1. The van der Waals surface area contributed by atoms with Crippen molar-refractivity contribution in [2.45, 2.75) is 13.3 Å². The van der Waals surface area contributed by atoms with Gasteiger partial charge in [0.05, 0.1) is 0 Å². The fraction of sp³-hybridized carbons (Fsp3) is 0.565. The van der Waals surface area contributed by atoms with Gasteiger partial charge in [-0.25, -0.2) is 4.99 Å². The van der Waals surface area contributed by atoms with Gasteiger partial charge < -0.3 is 19.9 Å². The molecular formula is C23H37N5O2. The maximum atomic E-state index is 12.0. The number of piperazine rings is 1. The molecule has 0 saturated carbocycles. The van der Waals surface area contributed by atoms with E-state index >= 15 is 0 Å². The highest BCUT2D eigenvalue weighted by Gasteiger charge is 2.19. The third-order valence-electron chi connectivity index (χ3n) is 4.96. The van der Waals surface area contributed by atoms with Gasteiger partial charge in [0.15, 0.2) is 5.96 Å². The summed E-state index contributed by atoms with van der Waals surface area (Å²) in [6.45, 7) is 9.10. The summed E-state index contributed by atoms with van der Waals surface area (Å²) in [6, 6.07) is 10.4. The van der Waals surface area contributed by atoms with E-state index in [0.29, 0.717) is 0 Å². The second kappa shape index (κ2) is 13.8. The normalized spacial score (nSPS) is 15.6. The molecule has 1 N–H and O–H groups in total. The number of amides is 1. The molecule has 7 nitrogen and oxygen atoms in total. The Morgan fingerprint density at radius 1 is 1.20 bits per heavy atom. The molecule has 0 aliphatic carbocycles. The molecule has 1 aromatic rings. The lowest BCUT2D eigenvalue weighted by molar-refractivity contribution is -0.127. The molecule has 0 atom stereocenters. The molecule has 30 heavy (non-hydrogen) atoms. The Bertz CT molecular complexity index is 667. The molecule has 0 spiro atoms. The van der Waals surface area contributed by atoms with E-state index in [-0.39, 0.29) is 12.5 Å². The minimum atomic E-state index is 0.00769. The number of carbonyl (C=O) groups is 1. The first-order valence-electron chi connectivity index (χ1n) is 10.8. The first kappa shape index (κ1) is 23.9. The van der Waals surface area contributed by atoms with Gasteiger partial charge in [-0.1, -0.05) is 42.5 Å². The number of hydrogen-bond acceptors (Lipinski definition) is 4. The molecule has 1 aliphatic heterocycles. The second-order valence-electron chi connectivity index (χ2n) is 7.51. The number of benzene rings is 1. The standard InChI is InChI=1S/C23H37N5O2/c1-4-30-19-9-13-24-23(25-20-22(29)26(2)3)28-17-15-27(16-18-28)14-8-12-21-10-6-5-7-11-21/h5-8,10-12H,4,9,13-20H2,1-3H3,(H,24,25)/b12-8+. The lowest BCUT2D eigenvalue weighted by atomic mass is 10.2. The van der Waals surface area contributed by atoms with Crippen LogP contribution in [0.3, 0.4) is 0 Å². The van der Waals surface area contributed by atoms with Crippen LogP contribution in [0.2, 0.25) is 0 Å². The number of nitrogens with zero attached hydrogens (tertiary/aromatic N) is 4. The topological polar surface area (TPSA) is 60.4 Å². The Labute approximate surface area is 181 Å². The molecule has 1 aromatic carbocycles. The van der Waals surface area contributed by atoms with Crippen molar-refractivity contribution in [3.05, 3.63) is 42.0 Å². The molecule has 1 fully saturated rings. The summed E-state index contributed by atoms with van der Waals surface area (Å²) in [7, 11) is 3.52. The Morgan fingerprint density at radius 3 is 2.60 bits per heavy atom. The summed E-state index contributed by atoms with van der Waals surface area (Å²) >= 11 is 0. The van der Waals surface area contributed by atoms with Crippen molar-refractivity contribution in [1.82, 2.24) is 20.0 Å². The molecular weight excluding hydrogens is 378 g/mol. The number of rotatable bonds is 10. The Hall–Kier alpha value is -2.38. The molecule has 1 saturated heterocycles. The van der Waals surface area contributed by atoms with Crippen molar-refractivity contribution >= 4 is 17.9 Å². The van der Waals surface area contributed by atoms with Gasteiger partial charge in [0.25, 0.3) is 0 Å². The van der Waals surface area contributed by atoms with Gasteiger partial charge >= 0.3 is 0 Å². The third-order valence-corrected chi connectivity index (χ3v) is 4.96. The number of carbonyl (C=O) groups excluding carboxylic acids is 1. The van der Waals surface area contributed by atoms with Gasteiger partial charge in [0, 0.05) is 66.6 Å². The largest absolute Gasteiger partial charge is 0.382 e. The molecule has 0 bridgehead atoms. The van der Waals surface area contributed by atoms with E-state index in [1.165, 1.54) is 5.56 Å². The molecule has 0 aromatic heterocycles. The van der Waals surface area contributed by atoms with Crippen LogP contribution in [0.4, 0.5) is 0 Å². The van der Waals surface area contributed by atoms with Crippen LogP contribution in [0, 0.1) is 0 Å². The van der Waals surface area contributed by atoms with Crippen LogP contribution in [0.5, 0.6) is 0 Å². The zero-order chi connectivity index (χ0) is 21.6. The highest BCUT2D eigenvalue weighted by Crippen LogP contribution is 2.05. The van der Waals surface area contributed by atoms with Crippen molar-refractivity contribution in [3.8, 4) is 0 Å². The van der Waals surface area contributed by atoms with Gasteiger partial charge in [0.1, 0.15) is 6.54 Å². The Kier molecular flexibility index (Phi) is 11.0. The molecule has 0 radical (unpaired) electrons.